The molecule has 152 valence electrons. The summed E-state index contributed by atoms with van der Waals surface area (Å²) in [6, 6.07) is 1.71. The Morgan fingerprint density at radius 3 is 1.86 bits per heavy atom. The highest BCUT2D eigenvalue weighted by Gasteiger charge is 2.42. The van der Waals surface area contributed by atoms with E-state index in [1.165, 1.54) is 0 Å². The van der Waals surface area contributed by atoms with Gasteiger partial charge in [0.25, 0.3) is 0 Å². The highest BCUT2D eigenvalue weighted by molar-refractivity contribution is 5.32. The standard InChI is InChI=1S/C18H15F7N2O/c1-8-6-26-17(27-7-8)9-2-11(19)15(12(20)3-9)18(24,25)28-10-4-13(21)16(23)14(22)5-10/h2-5,8,17,26-27H,6-7H2,1H3. The zero-order valence-corrected chi connectivity index (χ0v) is 14.4. The van der Waals surface area contributed by atoms with E-state index in [9.17, 15) is 30.7 Å². The van der Waals surface area contributed by atoms with E-state index < -0.39 is 52.7 Å². The average molecular weight is 408 g/mol. The maximum atomic E-state index is 14.3. The highest BCUT2D eigenvalue weighted by atomic mass is 19.3. The van der Waals surface area contributed by atoms with E-state index in [2.05, 4.69) is 15.4 Å². The second-order valence-electron chi connectivity index (χ2n) is 6.53. The molecule has 28 heavy (non-hydrogen) atoms. The van der Waals surface area contributed by atoms with E-state index in [0.29, 0.717) is 25.2 Å². The van der Waals surface area contributed by atoms with Gasteiger partial charge in [0, 0.05) is 25.2 Å². The summed E-state index contributed by atoms with van der Waals surface area (Å²) in [6.45, 7) is 3.06. The first-order valence-electron chi connectivity index (χ1n) is 8.26. The normalized spacial score (nSPS) is 20.3. The van der Waals surface area contributed by atoms with Crippen LogP contribution in [0.5, 0.6) is 5.75 Å². The van der Waals surface area contributed by atoms with Crippen LogP contribution in [0, 0.1) is 35.0 Å². The minimum Gasteiger partial charge on any atom is -0.429 e. The van der Waals surface area contributed by atoms with Gasteiger partial charge in [-0.25, -0.2) is 22.0 Å². The third kappa shape index (κ3) is 4.07. The van der Waals surface area contributed by atoms with Crippen molar-refractivity contribution in [3.8, 4) is 5.75 Å². The molecule has 1 heterocycles. The van der Waals surface area contributed by atoms with Crippen LogP contribution < -0.4 is 15.4 Å². The Morgan fingerprint density at radius 2 is 1.36 bits per heavy atom. The molecule has 0 radical (unpaired) electrons. The van der Waals surface area contributed by atoms with Crippen molar-refractivity contribution in [1.82, 2.24) is 10.6 Å². The van der Waals surface area contributed by atoms with Gasteiger partial charge in [0.15, 0.2) is 17.5 Å². The van der Waals surface area contributed by atoms with E-state index >= 15 is 0 Å². The third-order valence-electron chi connectivity index (χ3n) is 4.23. The van der Waals surface area contributed by atoms with E-state index in [4.69, 9.17) is 0 Å². The first kappa shape index (κ1) is 20.4. The van der Waals surface area contributed by atoms with Gasteiger partial charge in [0.05, 0.1) is 6.17 Å². The monoisotopic (exact) mass is 408 g/mol. The molecule has 2 aromatic rings. The first-order chi connectivity index (χ1) is 13.1. The molecule has 1 aliphatic rings. The summed E-state index contributed by atoms with van der Waals surface area (Å²) < 4.78 is 100. The molecule has 0 amide bonds. The molecule has 0 aliphatic carbocycles. The molecule has 0 spiro atoms. The van der Waals surface area contributed by atoms with Crippen LogP contribution in [-0.2, 0) is 6.11 Å². The molecule has 1 aliphatic heterocycles. The van der Waals surface area contributed by atoms with Crippen molar-refractivity contribution in [2.24, 2.45) is 5.92 Å². The summed E-state index contributed by atoms with van der Waals surface area (Å²) in [4.78, 5) is 0. The van der Waals surface area contributed by atoms with E-state index in [-0.39, 0.29) is 23.6 Å². The highest BCUT2D eigenvalue weighted by Crippen LogP contribution is 2.36. The van der Waals surface area contributed by atoms with E-state index in [1.54, 1.807) is 0 Å². The topological polar surface area (TPSA) is 33.3 Å². The molecule has 10 heteroatoms. The Labute approximate surface area is 155 Å². The number of ether oxygens (including phenoxy) is 1. The maximum absolute atomic E-state index is 14.3. The van der Waals surface area contributed by atoms with Gasteiger partial charge >= 0.3 is 6.11 Å². The summed E-state index contributed by atoms with van der Waals surface area (Å²) in [5.74, 6) is -9.53. The number of nitrogens with one attached hydrogen (secondary N) is 2. The number of halogens is 7. The molecule has 3 rings (SSSR count). The average Bonchev–Trinajstić information content (AvgIpc) is 2.59. The third-order valence-corrected chi connectivity index (χ3v) is 4.23. The van der Waals surface area contributed by atoms with Crippen molar-refractivity contribution >= 4 is 0 Å². The van der Waals surface area contributed by atoms with Crippen molar-refractivity contribution in [2.75, 3.05) is 13.1 Å². The Bertz CT molecular complexity index is 836. The molecular weight excluding hydrogens is 393 g/mol. The van der Waals surface area contributed by atoms with Crippen molar-refractivity contribution in [2.45, 2.75) is 19.2 Å². The van der Waals surface area contributed by atoms with Gasteiger partial charge in [-0.2, -0.15) is 8.78 Å². The van der Waals surface area contributed by atoms with Crippen LogP contribution in [-0.4, -0.2) is 13.1 Å². The molecule has 3 nitrogen and oxygen atoms in total. The number of rotatable bonds is 4. The molecule has 0 bridgehead atoms. The van der Waals surface area contributed by atoms with E-state index in [0.717, 1.165) is 0 Å². The van der Waals surface area contributed by atoms with Crippen LogP contribution in [0.25, 0.3) is 0 Å². The number of alkyl halides is 2. The zero-order valence-electron chi connectivity index (χ0n) is 14.4. The quantitative estimate of drug-likeness (QED) is 0.584. The number of hydrogen-bond acceptors (Lipinski definition) is 3. The van der Waals surface area contributed by atoms with Gasteiger partial charge in [-0.1, -0.05) is 6.92 Å². The van der Waals surface area contributed by atoms with Crippen LogP contribution in [0.15, 0.2) is 24.3 Å². The Morgan fingerprint density at radius 1 is 0.857 bits per heavy atom. The maximum Gasteiger partial charge on any atom is 0.432 e. The molecule has 2 aromatic carbocycles. The summed E-state index contributed by atoms with van der Waals surface area (Å²) in [5, 5.41) is 5.95. The van der Waals surface area contributed by atoms with Gasteiger partial charge in [-0.3, -0.25) is 10.6 Å². The molecule has 1 fully saturated rings. The number of hydrogen-bond donors (Lipinski definition) is 2. The molecule has 2 N–H and O–H groups in total. The Balaban J connectivity index is 1.89. The lowest BCUT2D eigenvalue weighted by Gasteiger charge is -2.30. The summed E-state index contributed by atoms with van der Waals surface area (Å²) >= 11 is 0. The van der Waals surface area contributed by atoms with Gasteiger partial charge < -0.3 is 4.74 Å². The summed E-state index contributed by atoms with van der Waals surface area (Å²) in [5.41, 5.74) is -1.68. The van der Waals surface area contributed by atoms with Crippen LogP contribution in [0.1, 0.15) is 24.2 Å². The zero-order chi connectivity index (χ0) is 20.6. The van der Waals surface area contributed by atoms with Gasteiger partial charge in [0.1, 0.15) is 22.9 Å². The molecule has 0 unspecified atom stereocenters. The van der Waals surface area contributed by atoms with Crippen LogP contribution in [0.4, 0.5) is 30.7 Å². The molecule has 0 atom stereocenters. The van der Waals surface area contributed by atoms with Crippen molar-refractivity contribution in [1.29, 1.82) is 0 Å². The van der Waals surface area contributed by atoms with Crippen molar-refractivity contribution in [3.63, 3.8) is 0 Å². The molecular formula is C18H15F7N2O. The lowest BCUT2D eigenvalue weighted by atomic mass is 10.0. The minimum atomic E-state index is -4.61. The molecule has 0 aromatic heterocycles. The van der Waals surface area contributed by atoms with Gasteiger partial charge in [-0.05, 0) is 23.6 Å². The predicted molar refractivity (Wildman–Crippen MR) is 85.1 cm³/mol. The minimum absolute atomic E-state index is 0.0559. The van der Waals surface area contributed by atoms with Crippen molar-refractivity contribution < 1.29 is 35.5 Å². The Hall–Kier alpha value is -2.33. The Kier molecular flexibility index (Phi) is 5.53. The van der Waals surface area contributed by atoms with Crippen LogP contribution in [0.2, 0.25) is 0 Å². The van der Waals surface area contributed by atoms with Crippen LogP contribution in [0.3, 0.4) is 0 Å². The predicted octanol–water partition coefficient (Wildman–Crippen LogP) is 4.34. The van der Waals surface area contributed by atoms with Gasteiger partial charge in [0.2, 0.25) is 0 Å². The van der Waals surface area contributed by atoms with E-state index in [1.807, 2.05) is 6.92 Å². The van der Waals surface area contributed by atoms with Crippen molar-refractivity contribution in [3.05, 3.63) is 64.5 Å². The second kappa shape index (κ2) is 7.59. The van der Waals surface area contributed by atoms with Gasteiger partial charge in [-0.15, -0.1) is 0 Å². The first-order valence-corrected chi connectivity index (χ1v) is 8.26. The van der Waals surface area contributed by atoms with Crippen LogP contribution >= 0.6 is 0 Å². The summed E-state index contributed by atoms with van der Waals surface area (Å²) in [6.07, 6.45) is -5.24. The molecule has 1 saturated heterocycles. The fourth-order valence-electron chi connectivity index (χ4n) is 2.85. The fourth-order valence-corrected chi connectivity index (χ4v) is 2.85. The smallest absolute Gasteiger partial charge is 0.429 e. The lowest BCUT2D eigenvalue weighted by Crippen LogP contribution is -2.45. The lowest BCUT2D eigenvalue weighted by molar-refractivity contribution is -0.189. The number of benzene rings is 2. The largest absolute Gasteiger partial charge is 0.432 e. The second-order valence-corrected chi connectivity index (χ2v) is 6.53. The molecule has 0 saturated carbocycles. The fraction of sp³-hybridized carbons (Fsp3) is 0.333. The SMILES string of the molecule is CC1CNC(c2cc(F)c(C(F)(F)Oc3cc(F)c(F)c(F)c3)c(F)c2)NC1. The summed E-state index contributed by atoms with van der Waals surface area (Å²) in [7, 11) is 0.